The van der Waals surface area contributed by atoms with E-state index in [1.165, 1.54) is 22.7 Å². The minimum atomic E-state index is -0.432. The van der Waals surface area contributed by atoms with Gasteiger partial charge in [0, 0.05) is 25.9 Å². The average molecular weight is 436 g/mol. The Morgan fingerprint density at radius 2 is 1.92 bits per heavy atom. The molecule has 0 aliphatic carbocycles. The van der Waals surface area contributed by atoms with Gasteiger partial charge in [-0.2, -0.15) is 0 Å². The quantitative estimate of drug-likeness (QED) is 0.525. The number of esters is 1. The number of ether oxygens (including phenoxy) is 1. The molecule has 3 rings (SSSR count). The van der Waals surface area contributed by atoms with E-state index in [0.29, 0.717) is 16.1 Å². The number of nitrogens with one attached hydrogen (secondary N) is 1. The van der Waals surface area contributed by atoms with Crippen molar-refractivity contribution in [2.45, 2.75) is 6.92 Å². The van der Waals surface area contributed by atoms with E-state index in [1.807, 2.05) is 22.9 Å². The fourth-order valence-electron chi connectivity index (χ4n) is 2.25. The number of halogens is 1. The first-order chi connectivity index (χ1) is 12.1. The Hall–Kier alpha value is -1.96. The molecule has 0 aliphatic rings. The molecule has 4 nitrogen and oxygen atoms in total. The molecule has 2 aromatic heterocycles. The largest absolute Gasteiger partial charge is 0.462 e. The van der Waals surface area contributed by atoms with Crippen LogP contribution in [0.5, 0.6) is 0 Å². The van der Waals surface area contributed by atoms with Crippen LogP contribution in [-0.4, -0.2) is 18.5 Å². The molecule has 7 heteroatoms. The molecular formula is C18H14BrNO3S2. The van der Waals surface area contributed by atoms with Crippen molar-refractivity contribution in [2.75, 3.05) is 11.9 Å². The number of carbonyl (C=O) groups excluding carboxylic acids is 2. The summed E-state index contributed by atoms with van der Waals surface area (Å²) in [6, 6.07) is 10.9. The number of amides is 1. The summed E-state index contributed by atoms with van der Waals surface area (Å²) in [6.45, 7) is 2.04. The highest BCUT2D eigenvalue weighted by molar-refractivity contribution is 9.10. The molecule has 0 saturated carbocycles. The van der Waals surface area contributed by atoms with Gasteiger partial charge in [0.25, 0.3) is 5.91 Å². The summed E-state index contributed by atoms with van der Waals surface area (Å²) < 4.78 is 6.08. The van der Waals surface area contributed by atoms with E-state index in [2.05, 4.69) is 21.2 Å². The predicted octanol–water partition coefficient (Wildman–Crippen LogP) is 5.67. The molecule has 2 heterocycles. The summed E-state index contributed by atoms with van der Waals surface area (Å²) in [6.07, 6.45) is 0. The molecule has 0 radical (unpaired) electrons. The van der Waals surface area contributed by atoms with Gasteiger partial charge >= 0.3 is 5.97 Å². The van der Waals surface area contributed by atoms with E-state index in [-0.39, 0.29) is 12.5 Å². The zero-order valence-electron chi connectivity index (χ0n) is 13.2. The number of hydrogen-bond donors (Lipinski definition) is 1. The van der Waals surface area contributed by atoms with E-state index in [4.69, 9.17) is 4.74 Å². The maximum atomic E-state index is 12.5. The van der Waals surface area contributed by atoms with Gasteiger partial charge in [-0.1, -0.05) is 22.0 Å². The zero-order valence-corrected chi connectivity index (χ0v) is 16.5. The smallest absolute Gasteiger partial charge is 0.341 e. The van der Waals surface area contributed by atoms with Crippen LogP contribution in [0.4, 0.5) is 5.00 Å². The number of anilines is 1. The topological polar surface area (TPSA) is 55.4 Å². The fraction of sp³-hybridized carbons (Fsp3) is 0.111. The number of hydrogen-bond acceptors (Lipinski definition) is 5. The van der Waals surface area contributed by atoms with Crippen molar-refractivity contribution in [1.29, 1.82) is 0 Å². The molecule has 0 fully saturated rings. The molecular weight excluding hydrogens is 422 g/mol. The van der Waals surface area contributed by atoms with Crippen LogP contribution in [0.25, 0.3) is 10.4 Å². The van der Waals surface area contributed by atoms with Crippen LogP contribution in [0.2, 0.25) is 0 Å². The number of thiophene rings is 2. The van der Waals surface area contributed by atoms with Crippen LogP contribution in [0, 0.1) is 0 Å². The first kappa shape index (κ1) is 17.8. The van der Waals surface area contributed by atoms with Gasteiger partial charge in [0.1, 0.15) is 10.6 Å². The number of benzene rings is 1. The van der Waals surface area contributed by atoms with Crippen LogP contribution in [0.15, 0.2) is 51.6 Å². The lowest BCUT2D eigenvalue weighted by Crippen LogP contribution is -2.14. The van der Waals surface area contributed by atoms with Crippen LogP contribution in [0.1, 0.15) is 27.6 Å². The Balaban J connectivity index is 1.94. The summed E-state index contributed by atoms with van der Waals surface area (Å²) in [7, 11) is 0. The Morgan fingerprint density at radius 3 is 2.56 bits per heavy atom. The summed E-state index contributed by atoms with van der Waals surface area (Å²) in [4.78, 5) is 25.9. The Bertz CT molecular complexity index is 886. The van der Waals surface area contributed by atoms with Crippen molar-refractivity contribution in [3.05, 3.63) is 62.8 Å². The van der Waals surface area contributed by atoms with E-state index in [1.54, 1.807) is 31.2 Å². The van der Waals surface area contributed by atoms with Crippen molar-refractivity contribution in [3.8, 4) is 10.4 Å². The van der Waals surface area contributed by atoms with Crippen LogP contribution < -0.4 is 5.32 Å². The van der Waals surface area contributed by atoms with Gasteiger partial charge in [0.05, 0.1) is 6.61 Å². The second-order valence-corrected chi connectivity index (χ2v) is 7.76. The van der Waals surface area contributed by atoms with E-state index in [0.717, 1.165) is 14.9 Å². The van der Waals surface area contributed by atoms with Crippen molar-refractivity contribution >= 4 is 55.5 Å². The van der Waals surface area contributed by atoms with Crippen LogP contribution in [0.3, 0.4) is 0 Å². The lowest BCUT2D eigenvalue weighted by molar-refractivity contribution is 0.0529. The van der Waals surface area contributed by atoms with Crippen molar-refractivity contribution in [1.82, 2.24) is 0 Å². The Labute approximate surface area is 161 Å². The zero-order chi connectivity index (χ0) is 17.8. The van der Waals surface area contributed by atoms with Gasteiger partial charge in [-0.05, 0) is 42.6 Å². The Kier molecular flexibility index (Phi) is 5.67. The fourth-order valence-corrected chi connectivity index (χ4v) is 4.28. The molecule has 1 N–H and O–H groups in total. The van der Waals surface area contributed by atoms with Crippen LogP contribution >= 0.6 is 38.6 Å². The van der Waals surface area contributed by atoms with E-state index < -0.39 is 5.97 Å². The third-order valence-corrected chi connectivity index (χ3v) is 5.72. The highest BCUT2D eigenvalue weighted by Crippen LogP contribution is 2.38. The highest BCUT2D eigenvalue weighted by atomic mass is 79.9. The van der Waals surface area contributed by atoms with Gasteiger partial charge in [0.15, 0.2) is 0 Å². The average Bonchev–Trinajstić information content (AvgIpc) is 3.24. The monoisotopic (exact) mass is 435 g/mol. The molecule has 0 saturated heterocycles. The van der Waals surface area contributed by atoms with Crippen LogP contribution in [-0.2, 0) is 4.74 Å². The molecule has 0 unspecified atom stereocenters. The second-order valence-electron chi connectivity index (χ2n) is 5.01. The summed E-state index contributed by atoms with van der Waals surface area (Å²) in [5, 5.41) is 7.15. The molecule has 3 aromatic rings. The minimum absolute atomic E-state index is 0.266. The van der Waals surface area contributed by atoms with E-state index in [9.17, 15) is 9.59 Å². The highest BCUT2D eigenvalue weighted by Gasteiger charge is 2.23. The van der Waals surface area contributed by atoms with Crippen molar-refractivity contribution < 1.29 is 14.3 Å². The molecule has 0 spiro atoms. The van der Waals surface area contributed by atoms with Gasteiger partial charge in [-0.3, -0.25) is 4.79 Å². The van der Waals surface area contributed by atoms with Crippen molar-refractivity contribution in [3.63, 3.8) is 0 Å². The molecule has 0 bridgehead atoms. The molecule has 0 atom stereocenters. The second kappa shape index (κ2) is 7.95. The number of rotatable bonds is 5. The maximum absolute atomic E-state index is 12.5. The lowest BCUT2D eigenvalue weighted by Gasteiger charge is -2.08. The van der Waals surface area contributed by atoms with Gasteiger partial charge in [-0.15, -0.1) is 22.7 Å². The SMILES string of the molecule is CCOC(=O)c1c(-c2cccs2)csc1NC(=O)c1ccc(Br)cc1. The van der Waals surface area contributed by atoms with Gasteiger partial charge in [0.2, 0.25) is 0 Å². The normalized spacial score (nSPS) is 10.5. The third kappa shape index (κ3) is 4.00. The standard InChI is InChI=1S/C18H14BrNO3S2/c1-2-23-18(22)15-13(14-4-3-9-24-14)10-25-17(15)20-16(21)11-5-7-12(19)8-6-11/h3-10H,2H2,1H3,(H,20,21). The summed E-state index contributed by atoms with van der Waals surface area (Å²) in [5.74, 6) is -0.698. The predicted molar refractivity (Wildman–Crippen MR) is 106 cm³/mol. The first-order valence-electron chi connectivity index (χ1n) is 7.49. The number of carbonyl (C=O) groups is 2. The molecule has 1 aromatic carbocycles. The molecule has 0 aliphatic heterocycles. The lowest BCUT2D eigenvalue weighted by atomic mass is 10.1. The third-order valence-electron chi connectivity index (χ3n) is 3.39. The summed E-state index contributed by atoms with van der Waals surface area (Å²) in [5.41, 5.74) is 1.70. The molecule has 1 amide bonds. The van der Waals surface area contributed by atoms with E-state index >= 15 is 0 Å². The first-order valence-corrected chi connectivity index (χ1v) is 10.0. The Morgan fingerprint density at radius 1 is 1.16 bits per heavy atom. The summed E-state index contributed by atoms with van der Waals surface area (Å²) >= 11 is 6.20. The minimum Gasteiger partial charge on any atom is -0.462 e. The van der Waals surface area contributed by atoms with Crippen molar-refractivity contribution in [2.24, 2.45) is 0 Å². The molecule has 25 heavy (non-hydrogen) atoms. The molecule has 128 valence electrons. The maximum Gasteiger partial charge on any atom is 0.341 e. The van der Waals surface area contributed by atoms with Gasteiger partial charge in [-0.25, -0.2) is 4.79 Å². The van der Waals surface area contributed by atoms with Gasteiger partial charge < -0.3 is 10.1 Å².